The Labute approximate surface area is 98.9 Å². The molecule has 0 spiro atoms. The summed E-state index contributed by atoms with van der Waals surface area (Å²) < 4.78 is 0. The molecule has 0 aliphatic rings. The number of nitrogens with zero attached hydrogens (tertiary/aromatic N) is 1. The van der Waals surface area contributed by atoms with Crippen molar-refractivity contribution in [2.75, 3.05) is 5.73 Å². The number of rotatable bonds is 1. The molecule has 0 saturated heterocycles. The van der Waals surface area contributed by atoms with Crippen molar-refractivity contribution in [3.05, 3.63) is 53.1 Å². The van der Waals surface area contributed by atoms with Gasteiger partial charge in [-0.1, -0.05) is 23.7 Å². The number of nitrogen functional groups attached to an aromatic ring is 1. The van der Waals surface area contributed by atoms with Crippen LogP contribution in [0.25, 0.3) is 11.1 Å². The zero-order valence-electron chi connectivity index (χ0n) is 8.44. The first-order valence-electron chi connectivity index (χ1n) is 4.75. The van der Waals surface area contributed by atoms with Gasteiger partial charge in [0.1, 0.15) is 0 Å². The molecule has 3 heteroatoms. The van der Waals surface area contributed by atoms with Gasteiger partial charge in [0.15, 0.2) is 0 Å². The summed E-state index contributed by atoms with van der Waals surface area (Å²) in [5.41, 5.74) is 8.71. The van der Waals surface area contributed by atoms with E-state index in [2.05, 4.69) is 6.07 Å². The van der Waals surface area contributed by atoms with E-state index in [1.165, 1.54) is 0 Å². The summed E-state index contributed by atoms with van der Waals surface area (Å²) in [6.45, 7) is 0. The molecule has 16 heavy (non-hydrogen) atoms. The zero-order valence-corrected chi connectivity index (χ0v) is 9.20. The van der Waals surface area contributed by atoms with Gasteiger partial charge in [0.2, 0.25) is 0 Å². The Balaban J connectivity index is 2.56. The highest BCUT2D eigenvalue weighted by molar-refractivity contribution is 6.30. The van der Waals surface area contributed by atoms with Crippen LogP contribution in [0.2, 0.25) is 5.02 Å². The first-order chi connectivity index (χ1) is 7.69. The molecule has 0 unspecified atom stereocenters. The molecule has 0 heterocycles. The summed E-state index contributed by atoms with van der Waals surface area (Å²) in [7, 11) is 0. The topological polar surface area (TPSA) is 49.8 Å². The lowest BCUT2D eigenvalue weighted by Gasteiger charge is -2.04. The van der Waals surface area contributed by atoms with E-state index in [-0.39, 0.29) is 0 Å². The lowest BCUT2D eigenvalue weighted by molar-refractivity contribution is 1.48. The Morgan fingerprint density at radius 1 is 1.06 bits per heavy atom. The minimum atomic E-state index is 0.551. The minimum Gasteiger partial charge on any atom is -0.399 e. The molecule has 0 aliphatic heterocycles. The van der Waals surface area contributed by atoms with E-state index in [1.54, 1.807) is 12.1 Å². The van der Waals surface area contributed by atoms with E-state index in [1.807, 2.05) is 30.3 Å². The highest BCUT2D eigenvalue weighted by Crippen LogP contribution is 2.25. The zero-order chi connectivity index (χ0) is 11.5. The van der Waals surface area contributed by atoms with E-state index in [4.69, 9.17) is 22.6 Å². The molecule has 2 N–H and O–H groups in total. The first kappa shape index (κ1) is 10.5. The van der Waals surface area contributed by atoms with Crippen LogP contribution in [0.15, 0.2) is 42.5 Å². The van der Waals surface area contributed by atoms with Crippen molar-refractivity contribution < 1.29 is 0 Å². The number of anilines is 1. The van der Waals surface area contributed by atoms with Crippen LogP contribution in [0, 0.1) is 11.3 Å². The monoisotopic (exact) mass is 228 g/mol. The second-order valence-corrected chi connectivity index (χ2v) is 3.90. The SMILES string of the molecule is N#Cc1cc(N)cc(-c2cccc(Cl)c2)c1. The maximum absolute atomic E-state index is 8.86. The summed E-state index contributed by atoms with van der Waals surface area (Å²) in [4.78, 5) is 0. The number of hydrogen-bond donors (Lipinski definition) is 1. The van der Waals surface area contributed by atoms with Gasteiger partial charge in [-0.25, -0.2) is 0 Å². The maximum atomic E-state index is 8.86. The lowest BCUT2D eigenvalue weighted by Crippen LogP contribution is -1.88. The molecular weight excluding hydrogens is 220 g/mol. The van der Waals surface area contributed by atoms with Crippen molar-refractivity contribution in [3.63, 3.8) is 0 Å². The summed E-state index contributed by atoms with van der Waals surface area (Å²) >= 11 is 5.91. The molecule has 0 aliphatic carbocycles. The average molecular weight is 229 g/mol. The summed E-state index contributed by atoms with van der Waals surface area (Å²) in [6, 6.07) is 14.8. The molecule has 0 amide bonds. The highest BCUT2D eigenvalue weighted by Gasteiger charge is 2.02. The van der Waals surface area contributed by atoms with Crippen LogP contribution in [-0.4, -0.2) is 0 Å². The molecule has 2 aromatic carbocycles. The van der Waals surface area contributed by atoms with Crippen molar-refractivity contribution in [1.82, 2.24) is 0 Å². The van der Waals surface area contributed by atoms with Crippen molar-refractivity contribution in [2.24, 2.45) is 0 Å². The van der Waals surface area contributed by atoms with E-state index in [0.717, 1.165) is 11.1 Å². The maximum Gasteiger partial charge on any atom is 0.0992 e. The predicted molar refractivity (Wildman–Crippen MR) is 66.0 cm³/mol. The van der Waals surface area contributed by atoms with Crippen LogP contribution >= 0.6 is 11.6 Å². The Kier molecular flexibility index (Phi) is 2.80. The number of hydrogen-bond acceptors (Lipinski definition) is 2. The molecule has 78 valence electrons. The number of halogens is 1. The fraction of sp³-hybridized carbons (Fsp3) is 0. The molecule has 0 fully saturated rings. The minimum absolute atomic E-state index is 0.551. The molecule has 0 atom stereocenters. The van der Waals surface area contributed by atoms with Gasteiger partial charge in [-0.2, -0.15) is 5.26 Å². The fourth-order valence-corrected chi connectivity index (χ4v) is 1.74. The van der Waals surface area contributed by atoms with Crippen LogP contribution < -0.4 is 5.73 Å². The number of nitrogens with two attached hydrogens (primary N) is 1. The van der Waals surface area contributed by atoms with E-state index in [0.29, 0.717) is 16.3 Å². The second-order valence-electron chi connectivity index (χ2n) is 3.47. The van der Waals surface area contributed by atoms with E-state index >= 15 is 0 Å². The molecule has 0 bridgehead atoms. The predicted octanol–water partition coefficient (Wildman–Crippen LogP) is 3.46. The third kappa shape index (κ3) is 2.16. The molecule has 2 nitrogen and oxygen atoms in total. The molecule has 2 aromatic rings. The summed E-state index contributed by atoms with van der Waals surface area (Å²) in [6.07, 6.45) is 0. The van der Waals surface area contributed by atoms with Gasteiger partial charge in [0, 0.05) is 10.7 Å². The Bertz CT molecular complexity index is 570. The molecule has 0 radical (unpaired) electrons. The van der Waals surface area contributed by atoms with Crippen LogP contribution in [-0.2, 0) is 0 Å². The van der Waals surface area contributed by atoms with E-state index < -0.39 is 0 Å². The molecule has 2 rings (SSSR count). The summed E-state index contributed by atoms with van der Waals surface area (Å²) in [5, 5.41) is 9.52. The van der Waals surface area contributed by atoms with Crippen LogP contribution in [0.4, 0.5) is 5.69 Å². The van der Waals surface area contributed by atoms with Crippen molar-refractivity contribution in [2.45, 2.75) is 0 Å². The Hall–Kier alpha value is -1.98. The fourth-order valence-electron chi connectivity index (χ4n) is 1.55. The Morgan fingerprint density at radius 3 is 2.56 bits per heavy atom. The molecular formula is C13H9ClN2. The third-order valence-electron chi connectivity index (χ3n) is 2.24. The molecule has 0 saturated carbocycles. The first-order valence-corrected chi connectivity index (χ1v) is 5.13. The van der Waals surface area contributed by atoms with Crippen molar-refractivity contribution in [3.8, 4) is 17.2 Å². The van der Waals surface area contributed by atoms with Gasteiger partial charge >= 0.3 is 0 Å². The van der Waals surface area contributed by atoms with Gasteiger partial charge in [-0.15, -0.1) is 0 Å². The number of benzene rings is 2. The lowest BCUT2D eigenvalue weighted by atomic mass is 10.0. The second kappa shape index (κ2) is 4.26. The van der Waals surface area contributed by atoms with Crippen LogP contribution in [0.5, 0.6) is 0 Å². The van der Waals surface area contributed by atoms with Crippen LogP contribution in [0.1, 0.15) is 5.56 Å². The van der Waals surface area contributed by atoms with Gasteiger partial charge in [0.25, 0.3) is 0 Å². The van der Waals surface area contributed by atoms with Crippen LogP contribution in [0.3, 0.4) is 0 Å². The van der Waals surface area contributed by atoms with Crippen molar-refractivity contribution >= 4 is 17.3 Å². The normalized spacial score (nSPS) is 9.75. The van der Waals surface area contributed by atoms with Crippen molar-refractivity contribution in [1.29, 1.82) is 5.26 Å². The van der Waals surface area contributed by atoms with Gasteiger partial charge < -0.3 is 5.73 Å². The summed E-state index contributed by atoms with van der Waals surface area (Å²) in [5.74, 6) is 0. The number of nitriles is 1. The Morgan fingerprint density at radius 2 is 1.88 bits per heavy atom. The quantitative estimate of drug-likeness (QED) is 0.760. The average Bonchev–Trinajstić information content (AvgIpc) is 2.28. The van der Waals surface area contributed by atoms with Gasteiger partial charge in [-0.3, -0.25) is 0 Å². The largest absolute Gasteiger partial charge is 0.399 e. The standard InChI is InChI=1S/C13H9ClN2/c14-12-3-1-2-10(6-12)11-4-9(8-15)5-13(16)7-11/h1-7H,16H2. The smallest absolute Gasteiger partial charge is 0.0992 e. The van der Waals surface area contributed by atoms with E-state index in [9.17, 15) is 0 Å². The van der Waals surface area contributed by atoms with Gasteiger partial charge in [0.05, 0.1) is 11.6 Å². The van der Waals surface area contributed by atoms with Gasteiger partial charge in [-0.05, 0) is 41.5 Å². The molecule has 0 aromatic heterocycles. The third-order valence-corrected chi connectivity index (χ3v) is 2.48. The highest BCUT2D eigenvalue weighted by atomic mass is 35.5.